The lowest BCUT2D eigenvalue weighted by Crippen LogP contribution is -2.39. The summed E-state index contributed by atoms with van der Waals surface area (Å²) in [4.78, 5) is 24.2. The number of fused-ring (bicyclic) bond motifs is 2. The Hall–Kier alpha value is -3.11. The number of nitrogens with one attached hydrogen (secondary N) is 1. The van der Waals surface area contributed by atoms with Crippen molar-refractivity contribution < 1.29 is 17.9 Å². The third-order valence-electron chi connectivity index (χ3n) is 4.98. The largest absolute Gasteiger partial charge is 0.454 e. The maximum atomic E-state index is 12.9. The van der Waals surface area contributed by atoms with Crippen LogP contribution in [-0.4, -0.2) is 24.3 Å². The van der Waals surface area contributed by atoms with Crippen molar-refractivity contribution in [1.29, 1.82) is 0 Å². The standard InChI is InChI=1S/C19H19N3O6S/c1-11-6-13-14(22(3)19(24)18(23)21(13)2)8-17(11)29(25,26)20-9-12-4-5-15-16(7-12)28-10-27-15/h4-8,20H,9-10H2,1-3H3. The van der Waals surface area contributed by atoms with Gasteiger partial charge in [0.2, 0.25) is 16.8 Å². The van der Waals surface area contributed by atoms with Crippen molar-refractivity contribution in [2.75, 3.05) is 6.79 Å². The summed E-state index contributed by atoms with van der Waals surface area (Å²) in [7, 11) is -0.946. The second-order valence-electron chi connectivity index (χ2n) is 6.85. The molecule has 3 aromatic rings. The van der Waals surface area contributed by atoms with Gasteiger partial charge >= 0.3 is 11.1 Å². The highest BCUT2D eigenvalue weighted by molar-refractivity contribution is 7.89. The molecule has 0 spiro atoms. The average Bonchev–Trinajstić information content (AvgIpc) is 3.16. The number of aromatic nitrogens is 2. The molecule has 1 aromatic heterocycles. The third kappa shape index (κ3) is 3.19. The number of sulfonamides is 1. The van der Waals surface area contributed by atoms with Crippen molar-refractivity contribution in [1.82, 2.24) is 13.9 Å². The van der Waals surface area contributed by atoms with Gasteiger partial charge in [-0.2, -0.15) is 0 Å². The fraction of sp³-hybridized carbons (Fsp3) is 0.263. The Balaban J connectivity index is 1.72. The highest BCUT2D eigenvalue weighted by atomic mass is 32.2. The molecule has 1 N–H and O–H groups in total. The second kappa shape index (κ2) is 6.75. The molecule has 4 rings (SSSR count). The monoisotopic (exact) mass is 417 g/mol. The topological polar surface area (TPSA) is 109 Å². The second-order valence-corrected chi connectivity index (χ2v) is 8.58. The Kier molecular flexibility index (Phi) is 4.47. The Morgan fingerprint density at radius 2 is 1.59 bits per heavy atom. The predicted molar refractivity (Wildman–Crippen MR) is 106 cm³/mol. The Morgan fingerprint density at radius 1 is 0.966 bits per heavy atom. The molecule has 0 aliphatic carbocycles. The fourth-order valence-electron chi connectivity index (χ4n) is 3.30. The maximum Gasteiger partial charge on any atom is 0.316 e. The van der Waals surface area contributed by atoms with Gasteiger partial charge in [0, 0.05) is 20.6 Å². The lowest BCUT2D eigenvalue weighted by Gasteiger charge is -2.14. The summed E-state index contributed by atoms with van der Waals surface area (Å²) in [5.41, 5.74) is 0.613. The quantitative estimate of drug-likeness (QED) is 0.628. The molecule has 9 nitrogen and oxygen atoms in total. The first-order valence-electron chi connectivity index (χ1n) is 8.77. The van der Waals surface area contributed by atoms with Gasteiger partial charge in [-0.3, -0.25) is 9.59 Å². The summed E-state index contributed by atoms with van der Waals surface area (Å²) >= 11 is 0. The molecule has 0 unspecified atom stereocenters. The van der Waals surface area contributed by atoms with Crippen LogP contribution in [0.5, 0.6) is 11.5 Å². The zero-order valence-electron chi connectivity index (χ0n) is 16.1. The van der Waals surface area contributed by atoms with Crippen LogP contribution in [0.15, 0.2) is 44.8 Å². The van der Waals surface area contributed by atoms with Crippen LogP contribution in [0.1, 0.15) is 11.1 Å². The number of rotatable bonds is 4. The Labute approximate surface area is 166 Å². The molecule has 29 heavy (non-hydrogen) atoms. The summed E-state index contributed by atoms with van der Waals surface area (Å²) < 4.78 is 41.4. The van der Waals surface area contributed by atoms with Crippen molar-refractivity contribution >= 4 is 21.1 Å². The van der Waals surface area contributed by atoms with Gasteiger partial charge in [0.15, 0.2) is 11.5 Å². The minimum absolute atomic E-state index is 0.0411. The van der Waals surface area contributed by atoms with E-state index in [-0.39, 0.29) is 18.2 Å². The Morgan fingerprint density at radius 3 is 2.28 bits per heavy atom. The number of benzene rings is 2. The molecule has 1 aliphatic heterocycles. The van der Waals surface area contributed by atoms with Gasteiger partial charge < -0.3 is 18.6 Å². The highest BCUT2D eigenvalue weighted by Gasteiger charge is 2.21. The minimum atomic E-state index is -3.87. The predicted octanol–water partition coefficient (Wildman–Crippen LogP) is 0.753. The van der Waals surface area contributed by atoms with Gasteiger partial charge in [-0.1, -0.05) is 6.07 Å². The van der Waals surface area contributed by atoms with E-state index in [2.05, 4.69) is 4.72 Å². The van der Waals surface area contributed by atoms with E-state index < -0.39 is 21.1 Å². The summed E-state index contributed by atoms with van der Waals surface area (Å²) in [5, 5.41) is 0. The van der Waals surface area contributed by atoms with Gasteiger partial charge in [0.25, 0.3) is 0 Å². The first-order valence-corrected chi connectivity index (χ1v) is 10.3. The van der Waals surface area contributed by atoms with Crippen LogP contribution in [0.4, 0.5) is 0 Å². The molecule has 0 atom stereocenters. The van der Waals surface area contributed by atoms with Gasteiger partial charge in [0.05, 0.1) is 15.9 Å². The molecular formula is C19H19N3O6S. The first-order chi connectivity index (χ1) is 13.7. The van der Waals surface area contributed by atoms with Crippen LogP contribution in [0.25, 0.3) is 11.0 Å². The van der Waals surface area contributed by atoms with Crippen molar-refractivity contribution in [3.05, 3.63) is 62.2 Å². The maximum absolute atomic E-state index is 12.9. The van der Waals surface area contributed by atoms with Gasteiger partial charge in [-0.15, -0.1) is 0 Å². The average molecular weight is 417 g/mol. The third-order valence-corrected chi connectivity index (χ3v) is 6.52. The smallest absolute Gasteiger partial charge is 0.316 e. The molecule has 2 heterocycles. The van der Waals surface area contributed by atoms with E-state index >= 15 is 0 Å². The van der Waals surface area contributed by atoms with E-state index in [0.29, 0.717) is 33.7 Å². The lowest BCUT2D eigenvalue weighted by molar-refractivity contribution is 0.174. The number of nitrogens with zero attached hydrogens (tertiary/aromatic N) is 2. The molecule has 0 amide bonds. The number of hydrogen-bond acceptors (Lipinski definition) is 6. The molecule has 0 radical (unpaired) electrons. The SMILES string of the molecule is Cc1cc2c(cc1S(=O)(=O)NCc1ccc3c(c1)OCO3)n(C)c(=O)c(=O)n2C. The van der Waals surface area contributed by atoms with E-state index in [4.69, 9.17) is 9.47 Å². The van der Waals surface area contributed by atoms with E-state index in [1.54, 1.807) is 31.2 Å². The molecular weight excluding hydrogens is 398 g/mol. The van der Waals surface area contributed by atoms with E-state index in [1.807, 2.05) is 0 Å². The summed E-state index contributed by atoms with van der Waals surface area (Å²) in [6, 6.07) is 8.20. The molecule has 0 bridgehead atoms. The highest BCUT2D eigenvalue weighted by Crippen LogP contribution is 2.32. The van der Waals surface area contributed by atoms with Gasteiger partial charge in [-0.25, -0.2) is 13.1 Å². The van der Waals surface area contributed by atoms with Crippen molar-refractivity contribution in [3.8, 4) is 11.5 Å². The molecule has 1 aliphatic rings. The lowest BCUT2D eigenvalue weighted by atomic mass is 10.2. The van der Waals surface area contributed by atoms with Gasteiger partial charge in [-0.05, 0) is 42.3 Å². The van der Waals surface area contributed by atoms with Crippen LogP contribution in [0, 0.1) is 6.92 Å². The normalized spacial score (nSPS) is 13.2. The zero-order chi connectivity index (χ0) is 20.9. The number of ether oxygens (including phenoxy) is 2. The van der Waals surface area contributed by atoms with Crippen LogP contribution < -0.4 is 25.3 Å². The molecule has 0 saturated carbocycles. The van der Waals surface area contributed by atoms with Crippen LogP contribution in [0.2, 0.25) is 0 Å². The van der Waals surface area contributed by atoms with E-state index in [0.717, 1.165) is 4.57 Å². The first kappa shape index (κ1) is 19.2. The van der Waals surface area contributed by atoms with Crippen LogP contribution >= 0.6 is 0 Å². The summed E-state index contributed by atoms with van der Waals surface area (Å²) in [6.45, 7) is 1.84. The number of aryl methyl sites for hydroxylation is 3. The molecule has 2 aromatic carbocycles. The van der Waals surface area contributed by atoms with E-state index in [1.165, 1.54) is 24.7 Å². The summed E-state index contributed by atoms with van der Waals surface area (Å²) in [5.74, 6) is 1.19. The van der Waals surface area contributed by atoms with E-state index in [9.17, 15) is 18.0 Å². The van der Waals surface area contributed by atoms with Gasteiger partial charge in [0.1, 0.15) is 0 Å². The fourth-order valence-corrected chi connectivity index (χ4v) is 4.56. The van der Waals surface area contributed by atoms with Crippen molar-refractivity contribution in [2.24, 2.45) is 14.1 Å². The molecule has 10 heteroatoms. The zero-order valence-corrected chi connectivity index (χ0v) is 16.9. The number of hydrogen-bond donors (Lipinski definition) is 1. The van der Waals surface area contributed by atoms with Crippen LogP contribution in [-0.2, 0) is 30.7 Å². The molecule has 0 fully saturated rings. The summed E-state index contributed by atoms with van der Waals surface area (Å²) in [6.07, 6.45) is 0. The molecule has 152 valence electrons. The Bertz CT molecular complexity index is 1370. The van der Waals surface area contributed by atoms with Crippen molar-refractivity contribution in [3.63, 3.8) is 0 Å². The molecule has 0 saturated heterocycles. The van der Waals surface area contributed by atoms with Crippen LogP contribution in [0.3, 0.4) is 0 Å². The van der Waals surface area contributed by atoms with Crippen molar-refractivity contribution in [2.45, 2.75) is 18.4 Å². The minimum Gasteiger partial charge on any atom is -0.454 e.